The molecule has 0 amide bonds. The molecule has 2 aromatic heterocycles. The quantitative estimate of drug-likeness (QED) is 0.187. The van der Waals surface area contributed by atoms with Crippen LogP contribution >= 0.6 is 11.3 Å². The number of sulfonamides is 1. The third-order valence-corrected chi connectivity index (χ3v) is 9.58. The Balaban J connectivity index is 1.52. The summed E-state index contributed by atoms with van der Waals surface area (Å²) in [4.78, 5) is 6.48. The van der Waals surface area contributed by atoms with Gasteiger partial charge in [0.1, 0.15) is 16.6 Å². The second kappa shape index (κ2) is 11.2. The van der Waals surface area contributed by atoms with Crippen LogP contribution in [-0.2, 0) is 23.1 Å². The summed E-state index contributed by atoms with van der Waals surface area (Å²) in [5.41, 5.74) is 2.07. The highest BCUT2D eigenvalue weighted by atomic mass is 32.2. The highest BCUT2D eigenvalue weighted by molar-refractivity contribution is 7.93. The van der Waals surface area contributed by atoms with E-state index in [1.54, 1.807) is 30.5 Å². The summed E-state index contributed by atoms with van der Waals surface area (Å²) in [5.74, 6) is 0.434. The van der Waals surface area contributed by atoms with Gasteiger partial charge in [-0.15, -0.1) is 24.5 Å². The van der Waals surface area contributed by atoms with Crippen LogP contribution in [-0.4, -0.2) is 43.3 Å². The molecule has 0 saturated heterocycles. The van der Waals surface area contributed by atoms with Crippen LogP contribution in [0.1, 0.15) is 17.0 Å². The van der Waals surface area contributed by atoms with Crippen molar-refractivity contribution in [3.8, 4) is 11.4 Å². The third kappa shape index (κ3) is 6.24. The van der Waals surface area contributed by atoms with E-state index in [0.29, 0.717) is 17.1 Å². The molecule has 12 heteroatoms. The molecule has 3 aromatic carbocycles. The number of rotatable bonds is 9. The van der Waals surface area contributed by atoms with E-state index in [4.69, 9.17) is 0 Å². The van der Waals surface area contributed by atoms with E-state index in [1.807, 2.05) is 60.9 Å². The number of anilines is 1. The van der Waals surface area contributed by atoms with Crippen LogP contribution in [0, 0.1) is 6.92 Å². The molecule has 0 fully saturated rings. The molecular formula is C29H27F3N4O3S2. The molecule has 5 rings (SSSR count). The molecule has 5 aromatic rings. The van der Waals surface area contributed by atoms with Crippen molar-refractivity contribution in [3.05, 3.63) is 102 Å². The number of hydrogen-bond acceptors (Lipinski definition) is 6. The Kier molecular flexibility index (Phi) is 7.82. The number of hydrogen-bond donors (Lipinski definition) is 0. The summed E-state index contributed by atoms with van der Waals surface area (Å²) in [5, 5.41) is 1.47. The predicted octanol–water partition coefficient (Wildman–Crippen LogP) is 6.75. The Morgan fingerprint density at radius 2 is 1.63 bits per heavy atom. The van der Waals surface area contributed by atoms with Gasteiger partial charge >= 0.3 is 6.36 Å². The van der Waals surface area contributed by atoms with Gasteiger partial charge in [0.2, 0.25) is 0 Å². The van der Waals surface area contributed by atoms with Crippen molar-refractivity contribution >= 4 is 36.4 Å². The number of imidazole rings is 1. The molecular weight excluding hydrogens is 573 g/mol. The van der Waals surface area contributed by atoms with Crippen molar-refractivity contribution in [2.75, 3.05) is 18.4 Å². The second-order valence-electron chi connectivity index (χ2n) is 9.68. The van der Waals surface area contributed by atoms with Gasteiger partial charge in [-0.25, -0.2) is 13.4 Å². The number of aromatic nitrogens is 2. The normalized spacial score (nSPS) is 12.3. The van der Waals surface area contributed by atoms with Crippen LogP contribution in [0.25, 0.3) is 15.8 Å². The Morgan fingerprint density at radius 1 is 0.951 bits per heavy atom. The Labute approximate surface area is 240 Å². The fourth-order valence-electron chi connectivity index (χ4n) is 4.50. The van der Waals surface area contributed by atoms with Crippen LogP contribution in [0.4, 0.5) is 18.2 Å². The fraction of sp³-hybridized carbons (Fsp3) is 0.207. The highest BCUT2D eigenvalue weighted by Gasteiger charge is 2.32. The first-order valence-electron chi connectivity index (χ1n) is 12.6. The van der Waals surface area contributed by atoms with Crippen molar-refractivity contribution in [1.82, 2.24) is 14.5 Å². The number of aryl methyl sites for hydroxylation is 1. The van der Waals surface area contributed by atoms with E-state index in [0.717, 1.165) is 27.2 Å². The largest absolute Gasteiger partial charge is 0.573 e. The van der Waals surface area contributed by atoms with Gasteiger partial charge in [0.15, 0.2) is 0 Å². The van der Waals surface area contributed by atoms with Gasteiger partial charge in [0, 0.05) is 22.8 Å². The first-order valence-corrected chi connectivity index (χ1v) is 14.8. The summed E-state index contributed by atoms with van der Waals surface area (Å²) >= 11 is 1.35. The number of benzene rings is 3. The SMILES string of the molecule is Cc1c(N(Cc2ccc(OC(F)(F)F)cc2)S(=O)(=O)c2ccc(-n3ccnc3CN(C)C)cc2)sc2ccccc12. The summed E-state index contributed by atoms with van der Waals surface area (Å²) in [7, 11) is -0.195. The Bertz CT molecular complexity index is 1760. The number of halogens is 3. The van der Waals surface area contributed by atoms with Gasteiger partial charge in [-0.1, -0.05) is 30.3 Å². The molecule has 0 N–H and O–H groups in total. The standard InChI is InChI=1S/C29H27F3N4O3S2/c1-20-25-6-4-5-7-26(25)40-28(20)36(18-21-8-12-23(13-9-21)39-29(30,31)32)41(37,38)24-14-10-22(11-15-24)35-17-16-33-27(35)19-34(2)3/h4-17H,18-19H2,1-3H3. The van der Waals surface area contributed by atoms with Gasteiger partial charge in [-0.2, -0.15) is 0 Å². The van der Waals surface area contributed by atoms with Crippen molar-refractivity contribution < 1.29 is 26.3 Å². The first-order chi connectivity index (χ1) is 19.4. The zero-order chi connectivity index (χ0) is 29.4. The molecule has 41 heavy (non-hydrogen) atoms. The molecule has 0 aliphatic carbocycles. The molecule has 2 heterocycles. The summed E-state index contributed by atoms with van der Waals surface area (Å²) in [6.07, 6.45) is -1.30. The van der Waals surface area contributed by atoms with Gasteiger partial charge in [-0.05, 0) is 80.0 Å². The molecule has 214 valence electrons. The maximum absolute atomic E-state index is 14.2. The van der Waals surface area contributed by atoms with Crippen molar-refractivity contribution in [2.45, 2.75) is 31.3 Å². The van der Waals surface area contributed by atoms with E-state index in [-0.39, 0.29) is 17.2 Å². The summed E-state index contributed by atoms with van der Waals surface area (Å²) in [6.45, 7) is 2.39. The Hall–Kier alpha value is -3.87. The molecule has 0 radical (unpaired) electrons. The second-order valence-corrected chi connectivity index (χ2v) is 12.6. The molecule has 0 spiro atoms. The number of alkyl halides is 3. The van der Waals surface area contributed by atoms with Crippen LogP contribution < -0.4 is 9.04 Å². The molecule has 0 saturated carbocycles. The average molecular weight is 601 g/mol. The molecule has 0 atom stereocenters. The van der Waals surface area contributed by atoms with Crippen molar-refractivity contribution in [2.24, 2.45) is 0 Å². The molecule has 0 unspecified atom stereocenters. The lowest BCUT2D eigenvalue weighted by Crippen LogP contribution is -2.30. The van der Waals surface area contributed by atoms with Crippen LogP contribution in [0.2, 0.25) is 0 Å². The van der Waals surface area contributed by atoms with Crippen molar-refractivity contribution in [1.29, 1.82) is 0 Å². The van der Waals surface area contributed by atoms with Crippen LogP contribution in [0.3, 0.4) is 0 Å². The molecule has 0 aliphatic heterocycles. The lowest BCUT2D eigenvalue weighted by molar-refractivity contribution is -0.274. The summed E-state index contributed by atoms with van der Waals surface area (Å²) < 4.78 is 74.4. The zero-order valence-corrected chi connectivity index (χ0v) is 24.1. The van der Waals surface area contributed by atoms with Gasteiger partial charge in [0.25, 0.3) is 10.0 Å². The smallest absolute Gasteiger partial charge is 0.406 e. The predicted molar refractivity (Wildman–Crippen MR) is 154 cm³/mol. The fourth-order valence-corrected chi connectivity index (χ4v) is 7.43. The van der Waals surface area contributed by atoms with E-state index < -0.39 is 16.4 Å². The lowest BCUT2D eigenvalue weighted by atomic mass is 10.2. The van der Waals surface area contributed by atoms with Gasteiger partial charge < -0.3 is 14.2 Å². The minimum Gasteiger partial charge on any atom is -0.406 e. The van der Waals surface area contributed by atoms with Crippen LogP contribution in [0.15, 0.2) is 90.1 Å². The Morgan fingerprint density at radius 3 is 2.27 bits per heavy atom. The van der Waals surface area contributed by atoms with Gasteiger partial charge in [-0.3, -0.25) is 4.31 Å². The number of thiophene rings is 1. The molecule has 7 nitrogen and oxygen atoms in total. The molecule has 0 aliphatic rings. The summed E-state index contributed by atoms with van der Waals surface area (Å²) in [6, 6.07) is 19.4. The number of ether oxygens (including phenoxy) is 1. The highest BCUT2D eigenvalue weighted by Crippen LogP contribution is 2.41. The number of fused-ring (bicyclic) bond motifs is 1. The third-order valence-electron chi connectivity index (χ3n) is 6.41. The van der Waals surface area contributed by atoms with E-state index in [9.17, 15) is 21.6 Å². The monoisotopic (exact) mass is 600 g/mol. The maximum atomic E-state index is 14.2. The van der Waals surface area contributed by atoms with E-state index in [2.05, 4.69) is 9.72 Å². The average Bonchev–Trinajstić information content (AvgIpc) is 3.51. The lowest BCUT2D eigenvalue weighted by Gasteiger charge is -2.24. The van der Waals surface area contributed by atoms with Crippen LogP contribution in [0.5, 0.6) is 5.75 Å². The minimum atomic E-state index is -4.82. The zero-order valence-electron chi connectivity index (χ0n) is 22.5. The topological polar surface area (TPSA) is 67.7 Å². The van der Waals surface area contributed by atoms with Gasteiger partial charge in [0.05, 0.1) is 18.0 Å². The van der Waals surface area contributed by atoms with E-state index >= 15 is 0 Å². The van der Waals surface area contributed by atoms with Crippen molar-refractivity contribution in [3.63, 3.8) is 0 Å². The minimum absolute atomic E-state index is 0.0848. The molecule has 0 bridgehead atoms. The van der Waals surface area contributed by atoms with E-state index in [1.165, 1.54) is 39.9 Å². The first kappa shape index (κ1) is 28.7. The maximum Gasteiger partial charge on any atom is 0.573 e. The number of nitrogens with zero attached hydrogens (tertiary/aromatic N) is 4.